The van der Waals surface area contributed by atoms with Crippen LogP contribution in [0.4, 0.5) is 5.69 Å². The number of amides is 1. The molecule has 0 saturated heterocycles. The SMILES string of the molecule is CNCCCC(=O)Nc1ccc(OCc2cccnc2)c(Cl)c1.Cl.Cl. The number of anilines is 1. The molecule has 0 aliphatic rings. The molecule has 0 bridgehead atoms. The van der Waals surface area contributed by atoms with Crippen LogP contribution in [0.1, 0.15) is 18.4 Å². The normalized spacial score (nSPS) is 9.52. The topological polar surface area (TPSA) is 63.2 Å². The molecule has 25 heavy (non-hydrogen) atoms. The van der Waals surface area contributed by atoms with Crippen molar-refractivity contribution >= 4 is 48.0 Å². The van der Waals surface area contributed by atoms with Crippen molar-refractivity contribution in [3.05, 3.63) is 53.3 Å². The van der Waals surface area contributed by atoms with Crippen molar-refractivity contribution in [1.29, 1.82) is 0 Å². The fourth-order valence-electron chi connectivity index (χ4n) is 1.99. The Balaban J connectivity index is 0.00000288. The van der Waals surface area contributed by atoms with Crippen LogP contribution in [0.25, 0.3) is 0 Å². The Bertz CT molecular complexity index is 642. The van der Waals surface area contributed by atoms with E-state index >= 15 is 0 Å². The minimum absolute atomic E-state index is 0. The van der Waals surface area contributed by atoms with E-state index in [2.05, 4.69) is 15.6 Å². The maximum atomic E-state index is 11.8. The zero-order valence-corrected chi connectivity index (χ0v) is 16.2. The Labute approximate surface area is 165 Å². The summed E-state index contributed by atoms with van der Waals surface area (Å²) in [4.78, 5) is 15.8. The molecular formula is C17H22Cl3N3O2. The van der Waals surface area contributed by atoms with Gasteiger partial charge in [-0.05, 0) is 44.3 Å². The van der Waals surface area contributed by atoms with Crippen LogP contribution < -0.4 is 15.4 Å². The van der Waals surface area contributed by atoms with Crippen molar-refractivity contribution in [2.45, 2.75) is 19.4 Å². The summed E-state index contributed by atoms with van der Waals surface area (Å²) >= 11 is 6.20. The van der Waals surface area contributed by atoms with Crippen LogP contribution in [0.5, 0.6) is 5.75 Å². The predicted molar refractivity (Wildman–Crippen MR) is 106 cm³/mol. The van der Waals surface area contributed by atoms with Crippen molar-refractivity contribution in [3.8, 4) is 5.75 Å². The Kier molecular flexibility index (Phi) is 12.0. The largest absolute Gasteiger partial charge is 0.487 e. The van der Waals surface area contributed by atoms with Crippen LogP contribution in [0.2, 0.25) is 5.02 Å². The molecule has 0 fully saturated rings. The van der Waals surface area contributed by atoms with Gasteiger partial charge in [0.1, 0.15) is 12.4 Å². The summed E-state index contributed by atoms with van der Waals surface area (Å²) in [5.74, 6) is 0.545. The molecule has 2 aromatic rings. The van der Waals surface area contributed by atoms with Crippen LogP contribution in [-0.4, -0.2) is 24.5 Å². The van der Waals surface area contributed by atoms with Gasteiger partial charge in [0, 0.05) is 30.1 Å². The van der Waals surface area contributed by atoms with Gasteiger partial charge in [-0.2, -0.15) is 0 Å². The molecule has 0 saturated carbocycles. The van der Waals surface area contributed by atoms with Gasteiger partial charge in [-0.25, -0.2) is 0 Å². The van der Waals surface area contributed by atoms with Crippen LogP contribution in [-0.2, 0) is 11.4 Å². The predicted octanol–water partition coefficient (Wildman–Crippen LogP) is 4.10. The number of aromatic nitrogens is 1. The molecule has 1 aromatic heterocycles. The first-order valence-electron chi connectivity index (χ1n) is 7.45. The van der Waals surface area contributed by atoms with Crippen LogP contribution in [0, 0.1) is 0 Å². The van der Waals surface area contributed by atoms with Crippen LogP contribution >= 0.6 is 36.4 Å². The Morgan fingerprint density at radius 1 is 1.28 bits per heavy atom. The van der Waals surface area contributed by atoms with E-state index < -0.39 is 0 Å². The number of hydrogen-bond acceptors (Lipinski definition) is 4. The highest BCUT2D eigenvalue weighted by atomic mass is 35.5. The minimum atomic E-state index is -0.0275. The summed E-state index contributed by atoms with van der Waals surface area (Å²) in [6.45, 7) is 1.21. The first kappa shape index (κ1) is 23.5. The van der Waals surface area contributed by atoms with E-state index in [1.165, 1.54) is 0 Å². The van der Waals surface area contributed by atoms with Gasteiger partial charge in [-0.3, -0.25) is 9.78 Å². The van der Waals surface area contributed by atoms with Crippen molar-refractivity contribution in [3.63, 3.8) is 0 Å². The second-order valence-corrected chi connectivity index (χ2v) is 5.46. The number of carbonyl (C=O) groups is 1. The van der Waals surface area contributed by atoms with Gasteiger partial charge < -0.3 is 15.4 Å². The third-order valence-electron chi connectivity index (χ3n) is 3.16. The fraction of sp³-hybridized carbons (Fsp3) is 0.294. The molecular weight excluding hydrogens is 385 g/mol. The zero-order chi connectivity index (χ0) is 16.5. The average Bonchev–Trinajstić information content (AvgIpc) is 2.55. The molecule has 1 amide bonds. The Morgan fingerprint density at radius 2 is 2.08 bits per heavy atom. The van der Waals surface area contributed by atoms with Gasteiger partial charge in [0.15, 0.2) is 0 Å². The number of hydrogen-bond donors (Lipinski definition) is 2. The molecule has 0 spiro atoms. The summed E-state index contributed by atoms with van der Waals surface area (Å²) in [7, 11) is 1.86. The minimum Gasteiger partial charge on any atom is -0.487 e. The molecule has 5 nitrogen and oxygen atoms in total. The number of nitrogens with zero attached hydrogens (tertiary/aromatic N) is 1. The summed E-state index contributed by atoms with van der Waals surface area (Å²) in [6, 6.07) is 9.01. The van der Waals surface area contributed by atoms with Crippen molar-refractivity contribution in [1.82, 2.24) is 10.3 Å². The monoisotopic (exact) mass is 405 g/mol. The standard InChI is InChI=1S/C17H20ClN3O2.2ClH/c1-19-8-3-5-17(22)21-14-6-7-16(15(18)10-14)23-12-13-4-2-9-20-11-13;;/h2,4,6-7,9-11,19H,3,5,8,12H2,1H3,(H,21,22);2*1H. The van der Waals surface area contributed by atoms with E-state index in [0.29, 0.717) is 29.5 Å². The summed E-state index contributed by atoms with van der Waals surface area (Å²) < 4.78 is 5.67. The Hall–Kier alpha value is -1.53. The number of nitrogens with one attached hydrogen (secondary N) is 2. The maximum absolute atomic E-state index is 11.8. The third kappa shape index (κ3) is 8.40. The number of pyridine rings is 1. The molecule has 0 unspecified atom stereocenters. The van der Waals surface area contributed by atoms with E-state index in [1.54, 1.807) is 30.6 Å². The summed E-state index contributed by atoms with van der Waals surface area (Å²) in [5, 5.41) is 6.29. The molecule has 1 aromatic carbocycles. The zero-order valence-electron chi connectivity index (χ0n) is 13.8. The lowest BCUT2D eigenvalue weighted by atomic mass is 10.2. The average molecular weight is 407 g/mol. The van der Waals surface area contributed by atoms with E-state index in [-0.39, 0.29) is 30.7 Å². The van der Waals surface area contributed by atoms with Gasteiger partial charge in [0.2, 0.25) is 5.91 Å². The third-order valence-corrected chi connectivity index (χ3v) is 3.46. The molecule has 0 aliphatic carbocycles. The van der Waals surface area contributed by atoms with Gasteiger partial charge >= 0.3 is 0 Å². The van der Waals surface area contributed by atoms with E-state index in [0.717, 1.165) is 18.5 Å². The molecule has 0 radical (unpaired) electrons. The second kappa shape index (κ2) is 12.8. The molecule has 2 rings (SSSR count). The second-order valence-electron chi connectivity index (χ2n) is 5.05. The first-order chi connectivity index (χ1) is 11.2. The number of halogens is 3. The number of benzene rings is 1. The molecule has 2 N–H and O–H groups in total. The smallest absolute Gasteiger partial charge is 0.224 e. The van der Waals surface area contributed by atoms with Gasteiger partial charge in [-0.1, -0.05) is 17.7 Å². The maximum Gasteiger partial charge on any atom is 0.224 e. The quantitative estimate of drug-likeness (QED) is 0.648. The van der Waals surface area contributed by atoms with Gasteiger partial charge in [0.05, 0.1) is 5.02 Å². The molecule has 0 aliphatic heterocycles. The van der Waals surface area contributed by atoms with E-state index in [4.69, 9.17) is 16.3 Å². The molecule has 8 heteroatoms. The van der Waals surface area contributed by atoms with Crippen molar-refractivity contribution in [2.24, 2.45) is 0 Å². The highest BCUT2D eigenvalue weighted by Crippen LogP contribution is 2.28. The lowest BCUT2D eigenvalue weighted by molar-refractivity contribution is -0.116. The van der Waals surface area contributed by atoms with E-state index in [9.17, 15) is 4.79 Å². The molecule has 0 atom stereocenters. The van der Waals surface area contributed by atoms with Crippen molar-refractivity contribution < 1.29 is 9.53 Å². The Morgan fingerprint density at radius 3 is 2.72 bits per heavy atom. The summed E-state index contributed by atoms with van der Waals surface area (Å²) in [6.07, 6.45) is 4.72. The van der Waals surface area contributed by atoms with E-state index in [1.807, 2.05) is 19.2 Å². The van der Waals surface area contributed by atoms with Crippen LogP contribution in [0.3, 0.4) is 0 Å². The first-order valence-corrected chi connectivity index (χ1v) is 7.82. The number of carbonyl (C=O) groups excluding carboxylic acids is 1. The highest BCUT2D eigenvalue weighted by molar-refractivity contribution is 6.32. The molecule has 1 heterocycles. The van der Waals surface area contributed by atoms with Gasteiger partial charge in [-0.15, -0.1) is 24.8 Å². The summed E-state index contributed by atoms with van der Waals surface area (Å²) in [5.41, 5.74) is 1.63. The van der Waals surface area contributed by atoms with Crippen molar-refractivity contribution in [2.75, 3.05) is 18.9 Å². The highest BCUT2D eigenvalue weighted by Gasteiger charge is 2.06. The molecule has 138 valence electrons. The van der Waals surface area contributed by atoms with Gasteiger partial charge in [0.25, 0.3) is 0 Å². The fourth-order valence-corrected chi connectivity index (χ4v) is 2.22. The number of ether oxygens (including phenoxy) is 1. The number of rotatable bonds is 8. The lowest BCUT2D eigenvalue weighted by Gasteiger charge is -2.10. The van der Waals surface area contributed by atoms with Crippen LogP contribution in [0.15, 0.2) is 42.7 Å². The lowest BCUT2D eigenvalue weighted by Crippen LogP contribution is -2.15.